The number of non-ortho nitro benzene ring substituents is 1. The molecule has 7 nitrogen and oxygen atoms in total. The molecule has 7 heteroatoms. The van der Waals surface area contributed by atoms with Crippen molar-refractivity contribution in [2.75, 3.05) is 6.61 Å². The lowest BCUT2D eigenvalue weighted by molar-refractivity contribution is -0.384. The fourth-order valence-corrected chi connectivity index (χ4v) is 2.39. The van der Waals surface area contributed by atoms with Crippen LogP contribution in [0.2, 0.25) is 0 Å². The highest BCUT2D eigenvalue weighted by atomic mass is 16.6. The Labute approximate surface area is 158 Å². The molecule has 0 aliphatic carbocycles. The molecular formula is C20H23N3O4. The van der Waals surface area contributed by atoms with Gasteiger partial charge in [0, 0.05) is 17.7 Å². The summed E-state index contributed by atoms with van der Waals surface area (Å²) in [6.07, 6.45) is 4.88. The quantitative estimate of drug-likeness (QED) is 0.298. The predicted molar refractivity (Wildman–Crippen MR) is 104 cm³/mol. The fourth-order valence-electron chi connectivity index (χ4n) is 2.39. The highest BCUT2D eigenvalue weighted by Gasteiger charge is 2.07. The first kappa shape index (κ1) is 20.1. The van der Waals surface area contributed by atoms with Gasteiger partial charge in [0.25, 0.3) is 5.69 Å². The van der Waals surface area contributed by atoms with Crippen LogP contribution in [0, 0.1) is 10.1 Å². The second-order valence-electron chi connectivity index (χ2n) is 5.99. The molecule has 0 saturated carbocycles. The number of hydrogen-bond acceptors (Lipinski definition) is 5. The van der Waals surface area contributed by atoms with Crippen LogP contribution >= 0.6 is 0 Å². The van der Waals surface area contributed by atoms with Crippen molar-refractivity contribution in [3.05, 3.63) is 69.8 Å². The molecule has 0 aromatic heterocycles. The number of ether oxygens (including phenoxy) is 1. The third kappa shape index (κ3) is 6.89. The zero-order valence-corrected chi connectivity index (χ0v) is 15.3. The monoisotopic (exact) mass is 369 g/mol. The van der Waals surface area contributed by atoms with E-state index in [9.17, 15) is 14.9 Å². The molecule has 0 fully saturated rings. The van der Waals surface area contributed by atoms with Gasteiger partial charge in [-0.05, 0) is 24.1 Å². The number of para-hydroxylation sites is 1. The van der Waals surface area contributed by atoms with Crippen LogP contribution in [-0.2, 0) is 11.2 Å². The number of nitrogens with one attached hydrogen (secondary N) is 1. The lowest BCUT2D eigenvalue weighted by Crippen LogP contribution is -2.19. The van der Waals surface area contributed by atoms with Crippen molar-refractivity contribution < 1.29 is 14.5 Å². The highest BCUT2D eigenvalue weighted by molar-refractivity contribution is 5.85. The zero-order chi connectivity index (χ0) is 19.5. The Morgan fingerprint density at radius 1 is 1.19 bits per heavy atom. The number of nitro benzene ring substituents is 1. The van der Waals surface area contributed by atoms with Gasteiger partial charge in [0.1, 0.15) is 5.75 Å². The first-order valence-corrected chi connectivity index (χ1v) is 8.87. The maximum atomic E-state index is 12.0. The molecule has 2 aromatic rings. The first-order chi connectivity index (χ1) is 13.1. The minimum atomic E-state index is -0.476. The average molecular weight is 369 g/mol. The molecule has 0 bridgehead atoms. The summed E-state index contributed by atoms with van der Waals surface area (Å²) >= 11 is 0. The van der Waals surface area contributed by atoms with E-state index in [0.29, 0.717) is 12.2 Å². The van der Waals surface area contributed by atoms with E-state index < -0.39 is 4.92 Å². The Hall–Kier alpha value is -3.22. The van der Waals surface area contributed by atoms with Gasteiger partial charge in [-0.25, -0.2) is 5.43 Å². The molecule has 27 heavy (non-hydrogen) atoms. The summed E-state index contributed by atoms with van der Waals surface area (Å²) in [5.41, 5.74) is 3.91. The van der Waals surface area contributed by atoms with Crippen molar-refractivity contribution in [2.45, 2.75) is 32.6 Å². The number of nitro groups is 1. The molecule has 1 amide bonds. The van der Waals surface area contributed by atoms with E-state index in [4.69, 9.17) is 4.74 Å². The number of rotatable bonds is 10. The van der Waals surface area contributed by atoms with Crippen LogP contribution in [0.1, 0.15) is 37.3 Å². The maximum absolute atomic E-state index is 12.0. The molecule has 0 radical (unpaired) electrons. The number of carbonyl (C=O) groups excluding carboxylic acids is 1. The molecule has 0 aliphatic rings. The van der Waals surface area contributed by atoms with Crippen LogP contribution in [0.25, 0.3) is 0 Å². The van der Waals surface area contributed by atoms with Crippen LogP contribution in [-0.4, -0.2) is 23.7 Å². The predicted octanol–water partition coefficient (Wildman–Crippen LogP) is 3.86. The Morgan fingerprint density at radius 2 is 1.93 bits per heavy atom. The minimum absolute atomic E-state index is 0.00674. The van der Waals surface area contributed by atoms with Crippen molar-refractivity contribution >= 4 is 17.8 Å². The molecule has 0 spiro atoms. The molecule has 0 heterocycles. The summed E-state index contributed by atoms with van der Waals surface area (Å²) < 4.78 is 5.76. The Kier molecular flexibility index (Phi) is 7.96. The average Bonchev–Trinajstić information content (AvgIpc) is 2.66. The highest BCUT2D eigenvalue weighted by Crippen LogP contribution is 2.16. The SMILES string of the molecule is CCCCCOc1ccccc1/C=N/NC(=O)Cc1ccc([N+](=O)[O-])cc1. The zero-order valence-electron chi connectivity index (χ0n) is 15.3. The van der Waals surface area contributed by atoms with E-state index in [0.717, 1.165) is 30.6 Å². The van der Waals surface area contributed by atoms with Crippen molar-refractivity contribution in [1.82, 2.24) is 5.43 Å². The largest absolute Gasteiger partial charge is 0.493 e. The van der Waals surface area contributed by atoms with Gasteiger partial charge in [0.15, 0.2) is 0 Å². The number of amides is 1. The summed E-state index contributed by atoms with van der Waals surface area (Å²) in [7, 11) is 0. The second kappa shape index (κ2) is 10.7. The van der Waals surface area contributed by atoms with E-state index in [1.54, 1.807) is 18.3 Å². The number of hydrazone groups is 1. The van der Waals surface area contributed by atoms with E-state index in [-0.39, 0.29) is 18.0 Å². The molecule has 2 rings (SSSR count). The summed E-state index contributed by atoms with van der Waals surface area (Å²) in [5.74, 6) is 0.420. The number of unbranched alkanes of at least 4 members (excludes halogenated alkanes) is 2. The van der Waals surface area contributed by atoms with Gasteiger partial charge in [-0.15, -0.1) is 0 Å². The van der Waals surface area contributed by atoms with E-state index in [1.165, 1.54) is 12.1 Å². The van der Waals surface area contributed by atoms with Crippen molar-refractivity contribution in [2.24, 2.45) is 5.10 Å². The van der Waals surface area contributed by atoms with Crippen LogP contribution < -0.4 is 10.2 Å². The Balaban J connectivity index is 1.87. The van der Waals surface area contributed by atoms with Gasteiger partial charge in [0.05, 0.1) is 24.2 Å². The lowest BCUT2D eigenvalue weighted by Gasteiger charge is -2.08. The fraction of sp³-hybridized carbons (Fsp3) is 0.300. The third-order valence-corrected chi connectivity index (χ3v) is 3.83. The van der Waals surface area contributed by atoms with Gasteiger partial charge in [-0.1, -0.05) is 44.0 Å². The van der Waals surface area contributed by atoms with E-state index in [2.05, 4.69) is 17.5 Å². The molecule has 2 aromatic carbocycles. The van der Waals surface area contributed by atoms with E-state index in [1.807, 2.05) is 24.3 Å². The Morgan fingerprint density at radius 3 is 2.63 bits per heavy atom. The minimum Gasteiger partial charge on any atom is -0.493 e. The molecule has 0 aliphatic heterocycles. The Bertz CT molecular complexity index is 788. The molecular weight excluding hydrogens is 346 g/mol. The van der Waals surface area contributed by atoms with Crippen LogP contribution in [0.3, 0.4) is 0 Å². The van der Waals surface area contributed by atoms with Gasteiger partial charge in [0.2, 0.25) is 5.91 Å². The lowest BCUT2D eigenvalue weighted by atomic mass is 10.1. The van der Waals surface area contributed by atoms with Gasteiger partial charge < -0.3 is 4.74 Å². The van der Waals surface area contributed by atoms with Crippen LogP contribution in [0.5, 0.6) is 5.75 Å². The maximum Gasteiger partial charge on any atom is 0.269 e. The number of nitrogens with zero attached hydrogens (tertiary/aromatic N) is 2. The molecule has 0 saturated heterocycles. The molecule has 1 N–H and O–H groups in total. The van der Waals surface area contributed by atoms with Crippen LogP contribution in [0.4, 0.5) is 5.69 Å². The van der Waals surface area contributed by atoms with Crippen molar-refractivity contribution in [3.8, 4) is 5.75 Å². The molecule has 142 valence electrons. The van der Waals surface area contributed by atoms with E-state index >= 15 is 0 Å². The van der Waals surface area contributed by atoms with Crippen LogP contribution in [0.15, 0.2) is 53.6 Å². The molecule has 0 atom stereocenters. The smallest absolute Gasteiger partial charge is 0.269 e. The summed E-state index contributed by atoms with van der Waals surface area (Å²) in [5, 5.41) is 14.6. The summed E-state index contributed by atoms with van der Waals surface area (Å²) in [6.45, 7) is 2.78. The van der Waals surface area contributed by atoms with Gasteiger partial charge in [-0.3, -0.25) is 14.9 Å². The first-order valence-electron chi connectivity index (χ1n) is 8.87. The van der Waals surface area contributed by atoms with Crippen molar-refractivity contribution in [3.63, 3.8) is 0 Å². The standard InChI is InChI=1S/C20H23N3O4/c1-2-3-6-13-27-19-8-5-4-7-17(19)15-21-22-20(24)14-16-9-11-18(12-10-16)23(25)26/h4-5,7-12,15H,2-3,6,13-14H2,1H3,(H,22,24)/b21-15+. The normalized spacial score (nSPS) is 10.7. The third-order valence-electron chi connectivity index (χ3n) is 3.83. The second-order valence-corrected chi connectivity index (χ2v) is 5.99. The van der Waals surface area contributed by atoms with Gasteiger partial charge >= 0.3 is 0 Å². The number of carbonyl (C=O) groups is 1. The summed E-state index contributed by atoms with van der Waals surface area (Å²) in [4.78, 5) is 22.1. The topological polar surface area (TPSA) is 93.8 Å². The summed E-state index contributed by atoms with van der Waals surface area (Å²) in [6, 6.07) is 13.4. The van der Waals surface area contributed by atoms with Gasteiger partial charge in [-0.2, -0.15) is 5.10 Å². The number of benzene rings is 2. The molecule has 0 unspecified atom stereocenters. The van der Waals surface area contributed by atoms with Crippen molar-refractivity contribution in [1.29, 1.82) is 0 Å². The number of hydrogen-bond donors (Lipinski definition) is 1.